The highest BCUT2D eigenvalue weighted by atomic mass is 32.2. The van der Waals surface area contributed by atoms with Gasteiger partial charge in [0.15, 0.2) is 0 Å². The van der Waals surface area contributed by atoms with Gasteiger partial charge in [0.1, 0.15) is 6.61 Å². The highest BCUT2D eigenvalue weighted by molar-refractivity contribution is 7.88. The van der Waals surface area contributed by atoms with E-state index in [1.807, 2.05) is 6.92 Å². The Morgan fingerprint density at radius 1 is 1.41 bits per heavy atom. The lowest BCUT2D eigenvalue weighted by molar-refractivity contribution is -0.137. The maximum atomic E-state index is 11.6. The summed E-state index contributed by atoms with van der Waals surface area (Å²) < 4.78 is 29.7. The number of nitrogens with zero attached hydrogens (tertiary/aromatic N) is 1. The predicted octanol–water partition coefficient (Wildman–Crippen LogP) is -0.437. The van der Waals surface area contributed by atoms with E-state index in [-0.39, 0.29) is 18.6 Å². The van der Waals surface area contributed by atoms with E-state index < -0.39 is 10.0 Å². The molecule has 0 aromatic heterocycles. The van der Waals surface area contributed by atoms with E-state index in [0.29, 0.717) is 32.5 Å². The van der Waals surface area contributed by atoms with E-state index in [1.54, 1.807) is 4.90 Å². The van der Waals surface area contributed by atoms with E-state index in [4.69, 9.17) is 4.74 Å². The minimum Gasteiger partial charge on any atom is -0.372 e. The van der Waals surface area contributed by atoms with Gasteiger partial charge in [0.2, 0.25) is 15.9 Å². The number of amides is 1. The van der Waals surface area contributed by atoms with Crippen molar-refractivity contribution in [3.63, 3.8) is 0 Å². The topological polar surface area (TPSA) is 75.7 Å². The van der Waals surface area contributed by atoms with Gasteiger partial charge in [-0.1, -0.05) is 0 Å². The monoisotopic (exact) mass is 264 g/mol. The van der Waals surface area contributed by atoms with Gasteiger partial charge in [-0.2, -0.15) is 0 Å². The van der Waals surface area contributed by atoms with Crippen molar-refractivity contribution in [2.45, 2.75) is 25.8 Å². The van der Waals surface area contributed by atoms with Crippen LogP contribution in [0, 0.1) is 0 Å². The minimum atomic E-state index is -3.15. The van der Waals surface area contributed by atoms with Crippen LogP contribution in [0.25, 0.3) is 0 Å². The second-order valence-electron chi connectivity index (χ2n) is 4.18. The molecule has 1 amide bonds. The Balaban J connectivity index is 2.33. The van der Waals surface area contributed by atoms with Crippen molar-refractivity contribution in [1.29, 1.82) is 0 Å². The molecule has 1 heterocycles. The van der Waals surface area contributed by atoms with E-state index in [0.717, 1.165) is 6.26 Å². The Morgan fingerprint density at radius 2 is 2.00 bits per heavy atom. The van der Waals surface area contributed by atoms with Crippen molar-refractivity contribution in [1.82, 2.24) is 9.62 Å². The normalized spacial score (nSPS) is 18.4. The molecule has 0 aromatic carbocycles. The fourth-order valence-corrected chi connectivity index (χ4v) is 2.67. The summed E-state index contributed by atoms with van der Waals surface area (Å²) in [7, 11) is -3.15. The first-order valence-corrected chi connectivity index (χ1v) is 7.64. The van der Waals surface area contributed by atoms with Gasteiger partial charge < -0.3 is 9.64 Å². The molecule has 0 unspecified atom stereocenters. The molecular weight excluding hydrogens is 244 g/mol. The zero-order valence-electron chi connectivity index (χ0n) is 10.3. The van der Waals surface area contributed by atoms with Crippen LogP contribution in [-0.4, -0.2) is 57.8 Å². The molecule has 1 saturated heterocycles. The molecule has 0 saturated carbocycles. The van der Waals surface area contributed by atoms with Crippen molar-refractivity contribution in [2.24, 2.45) is 0 Å². The Hall–Kier alpha value is -0.660. The number of hydrogen-bond acceptors (Lipinski definition) is 4. The molecule has 7 heteroatoms. The van der Waals surface area contributed by atoms with Crippen LogP contribution in [0.2, 0.25) is 0 Å². The Bertz CT molecular complexity index is 347. The lowest BCUT2D eigenvalue weighted by Gasteiger charge is -2.31. The lowest BCUT2D eigenvalue weighted by Crippen LogP contribution is -2.47. The largest absolute Gasteiger partial charge is 0.372 e. The third-order valence-electron chi connectivity index (χ3n) is 2.66. The van der Waals surface area contributed by atoms with Crippen LogP contribution in [0.3, 0.4) is 0 Å². The van der Waals surface area contributed by atoms with Crippen LogP contribution in [0.4, 0.5) is 0 Å². The van der Waals surface area contributed by atoms with Crippen LogP contribution < -0.4 is 4.72 Å². The quantitative estimate of drug-likeness (QED) is 0.730. The SMILES string of the molecule is CCOCC(=O)N1CCC(NS(C)(=O)=O)CC1. The van der Waals surface area contributed by atoms with Gasteiger partial charge >= 0.3 is 0 Å². The smallest absolute Gasteiger partial charge is 0.248 e. The molecule has 1 aliphatic rings. The molecule has 6 nitrogen and oxygen atoms in total. The van der Waals surface area contributed by atoms with Crippen LogP contribution in [0.1, 0.15) is 19.8 Å². The van der Waals surface area contributed by atoms with Crippen LogP contribution >= 0.6 is 0 Å². The van der Waals surface area contributed by atoms with E-state index in [1.165, 1.54) is 0 Å². The molecule has 1 fully saturated rings. The minimum absolute atomic E-state index is 0.0235. The number of ether oxygens (including phenoxy) is 1. The van der Waals surface area contributed by atoms with Gasteiger partial charge in [-0.25, -0.2) is 13.1 Å². The number of sulfonamides is 1. The average molecular weight is 264 g/mol. The Morgan fingerprint density at radius 3 is 2.47 bits per heavy atom. The van der Waals surface area contributed by atoms with Gasteiger partial charge in [-0.05, 0) is 19.8 Å². The van der Waals surface area contributed by atoms with Gasteiger partial charge in [-0.3, -0.25) is 4.79 Å². The van der Waals surface area contributed by atoms with Gasteiger partial charge in [0.25, 0.3) is 0 Å². The zero-order valence-corrected chi connectivity index (χ0v) is 11.1. The molecule has 1 rings (SSSR count). The number of likely N-dealkylation sites (tertiary alicyclic amines) is 1. The van der Waals surface area contributed by atoms with E-state index in [9.17, 15) is 13.2 Å². The first-order valence-electron chi connectivity index (χ1n) is 5.75. The number of hydrogen-bond donors (Lipinski definition) is 1. The van der Waals surface area contributed by atoms with Crippen molar-refractivity contribution in [2.75, 3.05) is 32.6 Å². The van der Waals surface area contributed by atoms with Crippen molar-refractivity contribution >= 4 is 15.9 Å². The fourth-order valence-electron chi connectivity index (χ4n) is 1.83. The molecule has 0 atom stereocenters. The lowest BCUT2D eigenvalue weighted by atomic mass is 10.1. The van der Waals surface area contributed by atoms with Crippen LogP contribution in [-0.2, 0) is 19.6 Å². The molecule has 1 aliphatic heterocycles. The Labute approximate surface area is 102 Å². The second-order valence-corrected chi connectivity index (χ2v) is 5.96. The summed E-state index contributed by atoms with van der Waals surface area (Å²) in [6.07, 6.45) is 2.47. The second kappa shape index (κ2) is 6.32. The van der Waals surface area contributed by atoms with Crippen molar-refractivity contribution < 1.29 is 17.9 Å². The number of carbonyl (C=O) groups excluding carboxylic acids is 1. The number of nitrogens with one attached hydrogen (secondary N) is 1. The summed E-state index contributed by atoms with van der Waals surface area (Å²) in [5, 5.41) is 0. The maximum Gasteiger partial charge on any atom is 0.248 e. The number of carbonyl (C=O) groups is 1. The molecule has 0 bridgehead atoms. The van der Waals surface area contributed by atoms with E-state index in [2.05, 4.69) is 4.72 Å². The molecule has 0 radical (unpaired) electrons. The first kappa shape index (κ1) is 14.4. The van der Waals surface area contributed by atoms with Crippen LogP contribution in [0.15, 0.2) is 0 Å². The summed E-state index contributed by atoms with van der Waals surface area (Å²) in [5.74, 6) is -0.0235. The third-order valence-corrected chi connectivity index (χ3v) is 3.42. The predicted molar refractivity (Wildman–Crippen MR) is 64.1 cm³/mol. The molecule has 0 aliphatic carbocycles. The molecule has 0 spiro atoms. The summed E-state index contributed by atoms with van der Waals surface area (Å²) in [5.41, 5.74) is 0. The van der Waals surface area contributed by atoms with Gasteiger partial charge in [0.05, 0.1) is 6.26 Å². The standard InChI is InChI=1S/C10H20N2O4S/c1-3-16-8-10(13)12-6-4-9(5-7-12)11-17(2,14)15/h9,11H,3-8H2,1-2H3. The Kier molecular flexibility index (Phi) is 5.35. The van der Waals surface area contributed by atoms with Crippen molar-refractivity contribution in [3.05, 3.63) is 0 Å². The zero-order chi connectivity index (χ0) is 12.9. The highest BCUT2D eigenvalue weighted by Crippen LogP contribution is 2.11. The average Bonchev–Trinajstić information content (AvgIpc) is 2.24. The first-order chi connectivity index (χ1) is 7.92. The molecule has 17 heavy (non-hydrogen) atoms. The van der Waals surface area contributed by atoms with Crippen LogP contribution in [0.5, 0.6) is 0 Å². The highest BCUT2D eigenvalue weighted by Gasteiger charge is 2.24. The van der Waals surface area contributed by atoms with E-state index >= 15 is 0 Å². The molecule has 0 aromatic rings. The number of piperidine rings is 1. The van der Waals surface area contributed by atoms with Gasteiger partial charge in [-0.15, -0.1) is 0 Å². The van der Waals surface area contributed by atoms with Gasteiger partial charge in [0, 0.05) is 25.7 Å². The molecule has 100 valence electrons. The van der Waals surface area contributed by atoms with Crippen molar-refractivity contribution in [3.8, 4) is 0 Å². The molecule has 1 N–H and O–H groups in total. The molecular formula is C10H20N2O4S. The summed E-state index contributed by atoms with van der Waals surface area (Å²) >= 11 is 0. The number of rotatable bonds is 5. The fraction of sp³-hybridized carbons (Fsp3) is 0.900. The summed E-state index contributed by atoms with van der Waals surface area (Å²) in [4.78, 5) is 13.3. The summed E-state index contributed by atoms with van der Waals surface area (Å²) in [6, 6.07) is -0.0545. The maximum absolute atomic E-state index is 11.6. The summed E-state index contributed by atoms with van der Waals surface area (Å²) in [6.45, 7) is 3.65. The third kappa shape index (κ3) is 5.47.